The Hall–Kier alpha value is -3.62. The summed E-state index contributed by atoms with van der Waals surface area (Å²) in [6.07, 6.45) is -4.55. The molecule has 0 unspecified atom stereocenters. The molecule has 0 aromatic heterocycles. The van der Waals surface area contributed by atoms with Gasteiger partial charge in [0.2, 0.25) is 5.91 Å². The molecule has 1 saturated heterocycles. The normalized spacial score (nSPS) is 17.2. The molecule has 1 fully saturated rings. The van der Waals surface area contributed by atoms with Crippen LogP contribution in [0, 0.1) is 12.8 Å². The van der Waals surface area contributed by atoms with Crippen molar-refractivity contribution in [1.29, 1.82) is 0 Å². The number of anilines is 2. The molecule has 9 heteroatoms. The van der Waals surface area contributed by atoms with Crippen molar-refractivity contribution in [1.82, 2.24) is 5.32 Å². The number of urea groups is 1. The molecule has 2 N–H and O–H groups in total. The number of hydrogen-bond donors (Lipinski definition) is 2. The second-order valence-corrected chi connectivity index (χ2v) is 6.47. The Morgan fingerprint density at radius 3 is 2.38 bits per heavy atom. The zero-order valence-corrected chi connectivity index (χ0v) is 15.2. The van der Waals surface area contributed by atoms with Crippen molar-refractivity contribution in [2.45, 2.75) is 13.1 Å². The molecule has 0 saturated carbocycles. The van der Waals surface area contributed by atoms with E-state index >= 15 is 0 Å². The number of nitrogens with zero attached hydrogens (tertiary/aromatic N) is 1. The second kappa shape index (κ2) is 7.42. The summed E-state index contributed by atoms with van der Waals surface area (Å²) in [4.78, 5) is 38.1. The fourth-order valence-electron chi connectivity index (χ4n) is 2.85. The highest BCUT2D eigenvalue weighted by molar-refractivity contribution is 6.28. The van der Waals surface area contributed by atoms with Crippen molar-refractivity contribution in [3.8, 4) is 0 Å². The maximum atomic E-state index is 12.9. The van der Waals surface area contributed by atoms with Gasteiger partial charge in [0.25, 0.3) is 5.91 Å². The van der Waals surface area contributed by atoms with Crippen molar-refractivity contribution < 1.29 is 27.6 Å². The van der Waals surface area contributed by atoms with Crippen LogP contribution < -0.4 is 15.5 Å². The van der Waals surface area contributed by atoms with Gasteiger partial charge in [0.1, 0.15) is 0 Å². The fraction of sp³-hybridized carbons (Fsp3) is 0.150. The van der Waals surface area contributed by atoms with Gasteiger partial charge < -0.3 is 5.32 Å². The Bertz CT molecular complexity index is 1000. The first kappa shape index (κ1) is 20.1. The molecular formula is C20H16F3N3O3. The number of amides is 4. The van der Waals surface area contributed by atoms with Crippen LogP contribution in [0.3, 0.4) is 0 Å². The number of carbonyl (C=O) groups excluding carboxylic acids is 3. The Labute approximate surface area is 164 Å². The van der Waals surface area contributed by atoms with Gasteiger partial charge in [-0.25, -0.2) is 9.69 Å². The van der Waals surface area contributed by atoms with Crippen LogP contribution in [-0.2, 0) is 15.8 Å². The third-order valence-corrected chi connectivity index (χ3v) is 4.30. The Morgan fingerprint density at radius 1 is 1.10 bits per heavy atom. The summed E-state index contributed by atoms with van der Waals surface area (Å²) in [5.74, 6) is -3.26. The largest absolute Gasteiger partial charge is 0.416 e. The SMILES string of the molecule is C=C(Nc1cccc(C(F)(F)F)c1)[C@@H]1C(=O)NC(=O)N(c2ccc(C)cc2)C1=O. The van der Waals surface area contributed by atoms with Crippen molar-refractivity contribution in [2.75, 3.05) is 10.2 Å². The van der Waals surface area contributed by atoms with Crippen LogP contribution in [0.5, 0.6) is 0 Å². The van der Waals surface area contributed by atoms with E-state index in [1.807, 2.05) is 6.92 Å². The molecule has 150 valence electrons. The van der Waals surface area contributed by atoms with E-state index in [-0.39, 0.29) is 17.1 Å². The topological polar surface area (TPSA) is 78.5 Å². The van der Waals surface area contributed by atoms with Gasteiger partial charge >= 0.3 is 12.2 Å². The van der Waals surface area contributed by atoms with Crippen LogP contribution >= 0.6 is 0 Å². The van der Waals surface area contributed by atoms with Crippen molar-refractivity contribution in [3.05, 3.63) is 71.9 Å². The van der Waals surface area contributed by atoms with E-state index in [1.54, 1.807) is 24.3 Å². The number of alkyl halides is 3. The molecule has 0 aliphatic carbocycles. The smallest absolute Gasteiger partial charge is 0.358 e. The zero-order chi connectivity index (χ0) is 21.3. The quantitative estimate of drug-likeness (QED) is 0.761. The maximum absolute atomic E-state index is 12.9. The van der Waals surface area contributed by atoms with E-state index in [2.05, 4.69) is 17.2 Å². The standard InChI is InChI=1S/C20H16F3N3O3/c1-11-6-8-15(9-7-11)26-18(28)16(17(27)25-19(26)29)12(2)24-14-5-3-4-13(10-14)20(21,22)23/h3-10,16,24H,2H2,1H3,(H,25,27,29)/t16-/m1/s1. The Balaban J connectivity index is 1.86. The molecular weight excluding hydrogens is 387 g/mol. The van der Waals surface area contributed by atoms with E-state index in [9.17, 15) is 27.6 Å². The highest BCUT2D eigenvalue weighted by Crippen LogP contribution is 2.32. The van der Waals surface area contributed by atoms with E-state index in [0.29, 0.717) is 0 Å². The van der Waals surface area contributed by atoms with Gasteiger partial charge in [-0.15, -0.1) is 0 Å². The molecule has 4 amide bonds. The predicted molar refractivity (Wildman–Crippen MR) is 99.9 cm³/mol. The summed E-state index contributed by atoms with van der Waals surface area (Å²) in [6, 6.07) is 9.81. The van der Waals surface area contributed by atoms with Gasteiger partial charge in [-0.3, -0.25) is 14.9 Å². The molecule has 1 aliphatic rings. The van der Waals surface area contributed by atoms with Crippen LogP contribution in [-0.4, -0.2) is 17.8 Å². The first-order chi connectivity index (χ1) is 13.6. The average Bonchev–Trinajstić information content (AvgIpc) is 2.62. The van der Waals surface area contributed by atoms with Crippen LogP contribution in [0.25, 0.3) is 0 Å². The molecule has 0 spiro atoms. The molecule has 1 aliphatic heterocycles. The van der Waals surface area contributed by atoms with E-state index < -0.39 is 35.5 Å². The average molecular weight is 403 g/mol. The van der Waals surface area contributed by atoms with Crippen LogP contribution in [0.4, 0.5) is 29.3 Å². The lowest BCUT2D eigenvalue weighted by Gasteiger charge is -2.31. The van der Waals surface area contributed by atoms with Gasteiger partial charge in [0.05, 0.1) is 11.3 Å². The van der Waals surface area contributed by atoms with E-state index in [4.69, 9.17) is 0 Å². The molecule has 0 bridgehead atoms. The summed E-state index contributed by atoms with van der Waals surface area (Å²) in [6.45, 7) is 5.45. The predicted octanol–water partition coefficient (Wildman–Crippen LogP) is 3.84. The van der Waals surface area contributed by atoms with Crippen LogP contribution in [0.15, 0.2) is 60.8 Å². The highest BCUT2D eigenvalue weighted by Gasteiger charge is 2.43. The van der Waals surface area contributed by atoms with Gasteiger partial charge in [-0.05, 0) is 37.3 Å². The minimum absolute atomic E-state index is 0.00390. The second-order valence-electron chi connectivity index (χ2n) is 6.47. The number of rotatable bonds is 4. The number of imide groups is 2. The van der Waals surface area contributed by atoms with Gasteiger partial charge in [-0.1, -0.05) is 30.3 Å². The third-order valence-electron chi connectivity index (χ3n) is 4.30. The lowest BCUT2D eigenvalue weighted by molar-refractivity contribution is -0.137. The number of halogens is 3. The summed E-state index contributed by atoms with van der Waals surface area (Å²) in [5, 5.41) is 4.64. The maximum Gasteiger partial charge on any atom is 0.416 e. The molecule has 1 heterocycles. The van der Waals surface area contributed by atoms with Gasteiger partial charge in [-0.2, -0.15) is 13.2 Å². The first-order valence-electron chi connectivity index (χ1n) is 8.46. The molecule has 3 rings (SSSR count). The monoisotopic (exact) mass is 403 g/mol. The number of aryl methyl sites for hydroxylation is 1. The van der Waals surface area contributed by atoms with Crippen LogP contribution in [0.1, 0.15) is 11.1 Å². The molecule has 6 nitrogen and oxygen atoms in total. The fourth-order valence-corrected chi connectivity index (χ4v) is 2.85. The number of carbonyl (C=O) groups is 3. The lowest BCUT2D eigenvalue weighted by Crippen LogP contribution is -2.59. The number of barbiturate groups is 1. The van der Waals surface area contributed by atoms with Crippen molar-refractivity contribution >= 4 is 29.2 Å². The van der Waals surface area contributed by atoms with E-state index in [1.165, 1.54) is 12.1 Å². The molecule has 29 heavy (non-hydrogen) atoms. The van der Waals surface area contributed by atoms with Crippen LogP contribution in [0.2, 0.25) is 0 Å². The molecule has 1 atom stereocenters. The summed E-state index contributed by atoms with van der Waals surface area (Å²) in [7, 11) is 0. The van der Waals surface area contributed by atoms with Crippen molar-refractivity contribution in [3.63, 3.8) is 0 Å². The summed E-state index contributed by atoms with van der Waals surface area (Å²) in [5.41, 5.74) is 0.108. The van der Waals surface area contributed by atoms with Crippen molar-refractivity contribution in [2.24, 2.45) is 5.92 Å². The Morgan fingerprint density at radius 2 is 1.76 bits per heavy atom. The zero-order valence-electron chi connectivity index (χ0n) is 15.2. The lowest BCUT2D eigenvalue weighted by atomic mass is 10.00. The summed E-state index contributed by atoms with van der Waals surface area (Å²) >= 11 is 0. The summed E-state index contributed by atoms with van der Waals surface area (Å²) < 4.78 is 38.6. The first-order valence-corrected chi connectivity index (χ1v) is 8.46. The third kappa shape index (κ3) is 4.13. The van der Waals surface area contributed by atoms with E-state index in [0.717, 1.165) is 22.6 Å². The number of benzene rings is 2. The molecule has 0 radical (unpaired) electrons. The molecule has 2 aromatic carbocycles. The molecule has 2 aromatic rings. The number of hydrogen-bond acceptors (Lipinski definition) is 4. The highest BCUT2D eigenvalue weighted by atomic mass is 19.4. The minimum atomic E-state index is -4.55. The minimum Gasteiger partial charge on any atom is -0.358 e. The van der Waals surface area contributed by atoms with Gasteiger partial charge in [0, 0.05) is 11.4 Å². The Kier molecular flexibility index (Phi) is 5.15. The number of nitrogens with one attached hydrogen (secondary N) is 2. The van der Waals surface area contributed by atoms with Gasteiger partial charge in [0.15, 0.2) is 5.92 Å².